The lowest BCUT2D eigenvalue weighted by Crippen LogP contribution is -2.45. The van der Waals surface area contributed by atoms with Gasteiger partial charge in [0.1, 0.15) is 12.3 Å². The third-order valence-electron chi connectivity index (χ3n) is 3.48. The summed E-state index contributed by atoms with van der Waals surface area (Å²) >= 11 is 0. The molecule has 2 aromatic rings. The Morgan fingerprint density at radius 2 is 1.78 bits per heavy atom. The maximum atomic E-state index is 11.9. The fourth-order valence-electron chi connectivity index (χ4n) is 2.12. The Balaban J connectivity index is 1.77. The third-order valence-corrected chi connectivity index (χ3v) is 3.48. The highest BCUT2D eigenvalue weighted by Crippen LogP contribution is 2.10. The zero-order valence-electron chi connectivity index (χ0n) is 14.9. The fraction of sp³-hybridized carbons (Fsp3) is 0.167. The van der Waals surface area contributed by atoms with Crippen molar-refractivity contribution >= 4 is 17.8 Å². The van der Waals surface area contributed by atoms with Gasteiger partial charge in [-0.2, -0.15) is 0 Å². The lowest BCUT2D eigenvalue weighted by molar-refractivity contribution is -0.121. The van der Waals surface area contributed by atoms with Gasteiger partial charge in [0.2, 0.25) is 0 Å². The number of ether oxygens (including phenoxy) is 1. The van der Waals surface area contributed by atoms with Gasteiger partial charge >= 0.3 is 6.03 Å². The predicted molar refractivity (Wildman–Crippen MR) is 101 cm³/mol. The van der Waals surface area contributed by atoms with Crippen LogP contribution in [0.5, 0.6) is 5.75 Å². The molecule has 6 N–H and O–H groups in total. The van der Waals surface area contributed by atoms with Gasteiger partial charge in [-0.05, 0) is 17.7 Å². The summed E-state index contributed by atoms with van der Waals surface area (Å²) in [6.07, 6.45) is 0. The second-order valence-electron chi connectivity index (χ2n) is 5.53. The molecule has 0 unspecified atom stereocenters. The van der Waals surface area contributed by atoms with Gasteiger partial charge in [-0.1, -0.05) is 42.5 Å². The normalized spacial score (nSPS) is 10.8. The number of rotatable bonds is 7. The molecule has 2 aromatic carbocycles. The van der Waals surface area contributed by atoms with E-state index in [0.717, 1.165) is 16.4 Å². The largest absolute Gasteiger partial charge is 0.497 e. The second-order valence-corrected chi connectivity index (χ2v) is 5.53. The number of hydrazine groups is 1. The molecule has 27 heavy (non-hydrogen) atoms. The zero-order valence-corrected chi connectivity index (χ0v) is 14.9. The Morgan fingerprint density at radius 3 is 2.41 bits per heavy atom. The summed E-state index contributed by atoms with van der Waals surface area (Å²) in [5.41, 5.74) is 7.35. The van der Waals surface area contributed by atoms with Crippen LogP contribution in [0.4, 0.5) is 4.79 Å². The lowest BCUT2D eigenvalue weighted by atomic mass is 10.2. The minimum atomic E-state index is -0.635. The van der Waals surface area contributed by atoms with E-state index in [2.05, 4.69) is 15.7 Å². The molecule has 0 fully saturated rings. The van der Waals surface area contributed by atoms with E-state index in [9.17, 15) is 9.59 Å². The molecule has 0 spiro atoms. The summed E-state index contributed by atoms with van der Waals surface area (Å²) in [7, 11) is 1.57. The number of amides is 3. The molecule has 9 nitrogen and oxygen atoms in total. The Morgan fingerprint density at radius 1 is 1.11 bits per heavy atom. The number of benzene rings is 2. The van der Waals surface area contributed by atoms with Gasteiger partial charge in [0.25, 0.3) is 5.91 Å². The molecule has 0 saturated heterocycles. The van der Waals surface area contributed by atoms with Gasteiger partial charge in [-0.25, -0.2) is 15.8 Å². The first-order valence-corrected chi connectivity index (χ1v) is 8.10. The van der Waals surface area contributed by atoms with Crippen LogP contribution in [-0.2, 0) is 11.3 Å². The molecule has 3 amide bonds. The number of methoxy groups -OCH3 is 1. The maximum absolute atomic E-state index is 11.9. The molecule has 142 valence electrons. The number of carbonyl (C=O) groups excluding carboxylic acids is 2. The van der Waals surface area contributed by atoms with Crippen LogP contribution in [-0.4, -0.2) is 36.5 Å². The van der Waals surface area contributed by atoms with Crippen molar-refractivity contribution in [3.8, 4) is 5.75 Å². The van der Waals surface area contributed by atoms with E-state index in [-0.39, 0.29) is 18.9 Å². The number of hydrogen-bond acceptors (Lipinski definition) is 6. The molecule has 0 radical (unpaired) electrons. The van der Waals surface area contributed by atoms with Crippen LogP contribution in [0.25, 0.3) is 0 Å². The van der Waals surface area contributed by atoms with Crippen molar-refractivity contribution in [3.05, 3.63) is 65.7 Å². The number of carbonyl (C=O) groups is 2. The molecule has 0 aliphatic heterocycles. The van der Waals surface area contributed by atoms with Crippen LogP contribution >= 0.6 is 0 Å². The van der Waals surface area contributed by atoms with Gasteiger partial charge in [0.05, 0.1) is 7.11 Å². The second kappa shape index (κ2) is 9.78. The number of amidine groups is 1. The van der Waals surface area contributed by atoms with Crippen LogP contribution in [0.15, 0.2) is 59.7 Å². The Bertz CT molecular complexity index is 793. The van der Waals surface area contributed by atoms with Gasteiger partial charge in [-0.15, -0.1) is 5.10 Å². The molecule has 0 aliphatic carbocycles. The number of urea groups is 1. The number of hydrogen-bond donors (Lipinski definition) is 4. The number of nitrogens with two attached hydrogens (primary N) is 2. The minimum Gasteiger partial charge on any atom is -0.497 e. The van der Waals surface area contributed by atoms with E-state index in [4.69, 9.17) is 16.3 Å². The van der Waals surface area contributed by atoms with Gasteiger partial charge < -0.3 is 15.8 Å². The molecule has 0 bridgehead atoms. The smallest absolute Gasteiger partial charge is 0.321 e. The summed E-state index contributed by atoms with van der Waals surface area (Å²) in [4.78, 5) is 23.6. The fourth-order valence-corrected chi connectivity index (χ4v) is 2.12. The van der Waals surface area contributed by atoms with E-state index >= 15 is 0 Å². The predicted octanol–water partition coefficient (Wildman–Crippen LogP) is 0.517. The average molecular weight is 370 g/mol. The quantitative estimate of drug-likeness (QED) is 0.243. The van der Waals surface area contributed by atoms with Crippen molar-refractivity contribution in [1.29, 1.82) is 0 Å². The summed E-state index contributed by atoms with van der Waals surface area (Å²) in [5, 5.41) is 9.52. The first-order valence-electron chi connectivity index (χ1n) is 8.10. The van der Waals surface area contributed by atoms with E-state index in [1.165, 1.54) is 0 Å². The molecule has 0 saturated carbocycles. The van der Waals surface area contributed by atoms with Crippen molar-refractivity contribution in [2.45, 2.75) is 6.54 Å². The average Bonchev–Trinajstić information content (AvgIpc) is 2.67. The van der Waals surface area contributed by atoms with Crippen molar-refractivity contribution in [3.63, 3.8) is 0 Å². The molecule has 2 rings (SSSR count). The third kappa shape index (κ3) is 6.67. The van der Waals surface area contributed by atoms with E-state index < -0.39 is 11.9 Å². The number of imide groups is 1. The lowest BCUT2D eigenvalue weighted by Gasteiger charge is -2.13. The monoisotopic (exact) mass is 370 g/mol. The van der Waals surface area contributed by atoms with Crippen molar-refractivity contribution in [2.75, 3.05) is 13.7 Å². The SMILES string of the molecule is COc1ccc(CNC(=O)NC(=O)CN(N)/N=C(\N)c2ccccc2)cc1. The van der Waals surface area contributed by atoms with E-state index in [1.807, 2.05) is 18.2 Å². The molecular formula is C18H22N6O3. The maximum Gasteiger partial charge on any atom is 0.321 e. The number of nitrogens with zero attached hydrogens (tertiary/aromatic N) is 2. The molecule has 9 heteroatoms. The summed E-state index contributed by atoms with van der Waals surface area (Å²) in [5.74, 6) is 5.91. The highest BCUT2D eigenvalue weighted by atomic mass is 16.5. The topological polar surface area (TPSA) is 135 Å². The van der Waals surface area contributed by atoms with Gasteiger partial charge in [-0.3, -0.25) is 10.1 Å². The zero-order chi connectivity index (χ0) is 19.6. The Hall–Kier alpha value is -3.59. The Labute approximate surface area is 156 Å². The highest BCUT2D eigenvalue weighted by molar-refractivity contribution is 5.97. The first kappa shape index (κ1) is 19.7. The number of nitrogens with one attached hydrogen (secondary N) is 2. The molecular weight excluding hydrogens is 348 g/mol. The molecule has 0 heterocycles. The van der Waals surface area contributed by atoms with Crippen molar-refractivity contribution < 1.29 is 14.3 Å². The van der Waals surface area contributed by atoms with Crippen LogP contribution in [0, 0.1) is 0 Å². The minimum absolute atomic E-state index is 0.162. The summed E-state index contributed by atoms with van der Waals surface area (Å²) < 4.78 is 5.06. The van der Waals surface area contributed by atoms with Gasteiger partial charge in [0, 0.05) is 12.1 Å². The Kier molecular flexibility index (Phi) is 7.15. The summed E-state index contributed by atoms with van der Waals surface area (Å²) in [6, 6.07) is 15.5. The van der Waals surface area contributed by atoms with E-state index in [0.29, 0.717) is 5.56 Å². The van der Waals surface area contributed by atoms with Crippen LogP contribution in [0.1, 0.15) is 11.1 Å². The first-order chi connectivity index (χ1) is 13.0. The molecule has 0 aromatic heterocycles. The van der Waals surface area contributed by atoms with Crippen molar-refractivity contribution in [1.82, 2.24) is 15.8 Å². The van der Waals surface area contributed by atoms with Crippen LogP contribution in [0.3, 0.4) is 0 Å². The molecule has 0 aliphatic rings. The van der Waals surface area contributed by atoms with Gasteiger partial charge in [0.15, 0.2) is 5.84 Å². The standard InChI is InChI=1S/C18H22N6O3/c1-27-15-9-7-13(8-10-15)11-21-18(26)22-16(25)12-24(20)23-17(19)14-5-3-2-4-6-14/h2-10H,11-12,20H2,1H3,(H2,19,23)(H2,21,22,25,26). The summed E-state index contributed by atoms with van der Waals surface area (Å²) in [6.45, 7) is -0.0714. The highest BCUT2D eigenvalue weighted by Gasteiger charge is 2.10. The van der Waals surface area contributed by atoms with Crippen LogP contribution in [0.2, 0.25) is 0 Å². The molecule has 0 atom stereocenters. The van der Waals surface area contributed by atoms with E-state index in [1.54, 1.807) is 43.5 Å². The van der Waals surface area contributed by atoms with Crippen molar-refractivity contribution in [2.24, 2.45) is 16.7 Å². The number of hydrazone groups is 1. The van der Waals surface area contributed by atoms with Crippen LogP contribution < -0.4 is 26.9 Å².